The first-order chi connectivity index (χ1) is 13.5. The fourth-order valence-electron chi connectivity index (χ4n) is 3.09. The van der Waals surface area contributed by atoms with E-state index in [1.165, 1.54) is 0 Å². The predicted octanol–water partition coefficient (Wildman–Crippen LogP) is 1.98. The van der Waals surface area contributed by atoms with Crippen molar-refractivity contribution in [1.82, 2.24) is 14.9 Å². The van der Waals surface area contributed by atoms with Crippen molar-refractivity contribution in [2.45, 2.75) is 24.9 Å². The molecule has 1 aromatic carbocycles. The van der Waals surface area contributed by atoms with Gasteiger partial charge in [-0.2, -0.15) is 17.5 Å². The molecule has 7 nitrogen and oxygen atoms in total. The van der Waals surface area contributed by atoms with Crippen LogP contribution in [-0.4, -0.2) is 65.0 Å². The molecule has 11 heteroatoms. The lowest BCUT2D eigenvalue weighted by atomic mass is 9.98. The maximum Gasteiger partial charge on any atom is 0.511 e. The lowest BCUT2D eigenvalue weighted by Crippen LogP contribution is -2.47. The Morgan fingerprint density at radius 2 is 1.90 bits per heavy atom. The Labute approximate surface area is 170 Å². The molecule has 0 bridgehead atoms. The summed E-state index contributed by atoms with van der Waals surface area (Å²) in [5.74, 6) is 0.663. The van der Waals surface area contributed by atoms with Gasteiger partial charge >= 0.3 is 15.5 Å². The number of piperidine rings is 1. The first-order valence-electron chi connectivity index (χ1n) is 9.32. The number of hydrogen-bond donors (Lipinski definition) is 2. The highest BCUT2D eigenvalue weighted by Crippen LogP contribution is 2.30. The number of rotatable bonds is 6. The van der Waals surface area contributed by atoms with Crippen LogP contribution in [0.4, 0.5) is 18.9 Å². The average molecular weight is 436 g/mol. The Morgan fingerprint density at radius 3 is 2.45 bits per heavy atom. The zero-order chi connectivity index (χ0) is 21.7. The average Bonchev–Trinajstić information content (AvgIpc) is 2.67. The summed E-state index contributed by atoms with van der Waals surface area (Å²) in [6.07, 6.45) is 0.731. The lowest BCUT2D eigenvalue weighted by molar-refractivity contribution is -0.0496. The molecule has 1 aromatic rings. The van der Waals surface area contributed by atoms with Crippen LogP contribution in [-0.2, 0) is 16.6 Å². The molecule has 0 amide bonds. The largest absolute Gasteiger partial charge is 0.511 e. The van der Waals surface area contributed by atoms with Crippen molar-refractivity contribution in [2.24, 2.45) is 10.9 Å². The second-order valence-electron chi connectivity index (χ2n) is 7.16. The lowest BCUT2D eigenvalue weighted by Gasteiger charge is -2.31. The minimum absolute atomic E-state index is 0.0744. The first-order valence-corrected chi connectivity index (χ1v) is 10.8. The van der Waals surface area contributed by atoms with Crippen molar-refractivity contribution >= 4 is 21.7 Å². The van der Waals surface area contributed by atoms with Crippen LogP contribution < -0.4 is 15.5 Å². The molecule has 1 fully saturated rings. The highest BCUT2D eigenvalue weighted by molar-refractivity contribution is 7.90. The number of benzene rings is 1. The van der Waals surface area contributed by atoms with Crippen molar-refractivity contribution < 1.29 is 21.6 Å². The van der Waals surface area contributed by atoms with Gasteiger partial charge in [0.05, 0.1) is 0 Å². The Hall–Kier alpha value is -2.01. The van der Waals surface area contributed by atoms with E-state index in [9.17, 15) is 21.6 Å². The molecule has 29 heavy (non-hydrogen) atoms. The Balaban J connectivity index is 1.80. The van der Waals surface area contributed by atoms with Crippen LogP contribution in [0.25, 0.3) is 0 Å². The van der Waals surface area contributed by atoms with Gasteiger partial charge in [0.2, 0.25) is 0 Å². The molecule has 0 aromatic heterocycles. The van der Waals surface area contributed by atoms with Crippen LogP contribution in [0, 0.1) is 5.92 Å². The number of guanidine groups is 1. The number of halogens is 3. The van der Waals surface area contributed by atoms with Crippen LogP contribution in [0.3, 0.4) is 0 Å². The van der Waals surface area contributed by atoms with Crippen LogP contribution >= 0.6 is 0 Å². The molecule has 0 radical (unpaired) electrons. The zero-order valence-corrected chi connectivity index (χ0v) is 17.6. The number of nitrogens with one attached hydrogen (secondary N) is 2. The van der Waals surface area contributed by atoms with Gasteiger partial charge in [-0.25, -0.2) is 8.42 Å². The number of alkyl halides is 3. The molecular weight excluding hydrogens is 407 g/mol. The highest BCUT2D eigenvalue weighted by atomic mass is 32.2. The molecule has 0 aliphatic carbocycles. The van der Waals surface area contributed by atoms with E-state index in [1.54, 1.807) is 7.05 Å². The van der Waals surface area contributed by atoms with Crippen LogP contribution in [0.5, 0.6) is 0 Å². The maximum absolute atomic E-state index is 12.6. The SMILES string of the molecule is CN=C(NCc1cccc(N(C)C)c1)NCC1CCN(S(=O)(=O)C(F)(F)F)CC1. The van der Waals surface area contributed by atoms with Gasteiger partial charge in [-0.1, -0.05) is 12.1 Å². The standard InChI is InChI=1S/C18H28F3N5O2S/c1-22-17(24-13-15-5-4-6-16(11-15)25(2)3)23-12-14-7-9-26(10-8-14)29(27,28)18(19,20)21/h4-6,11,14H,7-10,12-13H2,1-3H3,(H2,22,23,24). The fraction of sp³-hybridized carbons (Fsp3) is 0.611. The van der Waals surface area contributed by atoms with Crippen LogP contribution in [0.2, 0.25) is 0 Å². The third-order valence-electron chi connectivity index (χ3n) is 4.87. The molecule has 1 aliphatic rings. The molecule has 1 saturated heterocycles. The number of aliphatic imine (C=N–C) groups is 1. The summed E-state index contributed by atoms with van der Waals surface area (Å²) >= 11 is 0. The number of sulfonamides is 1. The summed E-state index contributed by atoms with van der Waals surface area (Å²) in [4.78, 5) is 6.18. The molecule has 0 atom stereocenters. The van der Waals surface area contributed by atoms with Gasteiger partial charge in [0.1, 0.15) is 0 Å². The van der Waals surface area contributed by atoms with Gasteiger partial charge in [0, 0.05) is 53.0 Å². The van der Waals surface area contributed by atoms with Crippen LogP contribution in [0.15, 0.2) is 29.3 Å². The molecule has 164 valence electrons. The summed E-state index contributed by atoms with van der Waals surface area (Å²) in [6, 6.07) is 8.06. The second kappa shape index (κ2) is 9.66. The quantitative estimate of drug-likeness (QED) is 0.528. The number of hydrogen-bond acceptors (Lipinski definition) is 4. The zero-order valence-electron chi connectivity index (χ0n) is 16.8. The van der Waals surface area contributed by atoms with Gasteiger partial charge in [-0.05, 0) is 36.5 Å². The van der Waals surface area contributed by atoms with Crippen molar-refractivity contribution in [1.29, 1.82) is 0 Å². The molecule has 2 rings (SSSR count). The summed E-state index contributed by atoms with van der Waals surface area (Å²) in [7, 11) is 0.350. The molecular formula is C18H28F3N5O2S. The summed E-state index contributed by atoms with van der Waals surface area (Å²) in [5, 5.41) is 6.38. The molecule has 1 aliphatic heterocycles. The Kier molecular flexibility index (Phi) is 7.75. The van der Waals surface area contributed by atoms with E-state index in [0.717, 1.165) is 11.3 Å². The second-order valence-corrected chi connectivity index (χ2v) is 9.09. The molecule has 0 spiro atoms. The Morgan fingerprint density at radius 1 is 1.24 bits per heavy atom. The van der Waals surface area contributed by atoms with E-state index in [4.69, 9.17) is 0 Å². The van der Waals surface area contributed by atoms with E-state index in [0.29, 0.717) is 36.2 Å². The summed E-state index contributed by atoms with van der Waals surface area (Å²) in [6.45, 7) is 0.829. The topological polar surface area (TPSA) is 77.0 Å². The van der Waals surface area contributed by atoms with Crippen molar-refractivity contribution in [2.75, 3.05) is 45.7 Å². The van der Waals surface area contributed by atoms with Gasteiger partial charge in [0.15, 0.2) is 5.96 Å². The minimum atomic E-state index is -5.24. The third-order valence-corrected chi connectivity index (χ3v) is 6.50. The number of nitrogens with zero attached hydrogens (tertiary/aromatic N) is 3. The molecule has 0 unspecified atom stereocenters. The smallest absolute Gasteiger partial charge is 0.378 e. The first kappa shape index (κ1) is 23.3. The van der Waals surface area contributed by atoms with Crippen LogP contribution in [0.1, 0.15) is 18.4 Å². The van der Waals surface area contributed by atoms with E-state index in [-0.39, 0.29) is 19.0 Å². The highest BCUT2D eigenvalue weighted by Gasteiger charge is 2.50. The molecule has 1 heterocycles. The monoisotopic (exact) mass is 435 g/mol. The number of anilines is 1. The summed E-state index contributed by atoms with van der Waals surface area (Å²) in [5.41, 5.74) is -3.06. The van der Waals surface area contributed by atoms with Gasteiger partial charge in [0.25, 0.3) is 0 Å². The van der Waals surface area contributed by atoms with E-state index in [1.807, 2.05) is 37.2 Å². The Bertz CT molecular complexity index is 804. The van der Waals surface area contributed by atoms with Gasteiger partial charge in [-0.3, -0.25) is 4.99 Å². The maximum atomic E-state index is 12.6. The van der Waals surface area contributed by atoms with E-state index in [2.05, 4.69) is 21.7 Å². The van der Waals surface area contributed by atoms with Crippen molar-refractivity contribution in [3.8, 4) is 0 Å². The van der Waals surface area contributed by atoms with Crippen molar-refractivity contribution in [3.05, 3.63) is 29.8 Å². The van der Waals surface area contributed by atoms with Gasteiger partial charge < -0.3 is 15.5 Å². The van der Waals surface area contributed by atoms with Crippen molar-refractivity contribution in [3.63, 3.8) is 0 Å². The molecule has 2 N–H and O–H groups in total. The third kappa shape index (κ3) is 6.23. The van der Waals surface area contributed by atoms with Gasteiger partial charge in [-0.15, -0.1) is 0 Å². The fourth-order valence-corrected chi connectivity index (χ4v) is 4.08. The molecule has 0 saturated carbocycles. The normalized spacial score (nSPS) is 17.2. The van der Waals surface area contributed by atoms with E-state index < -0.39 is 15.5 Å². The summed E-state index contributed by atoms with van der Waals surface area (Å²) < 4.78 is 61.4. The minimum Gasteiger partial charge on any atom is -0.378 e. The van der Waals surface area contributed by atoms with E-state index >= 15 is 0 Å². The predicted molar refractivity (Wildman–Crippen MR) is 108 cm³/mol.